The lowest BCUT2D eigenvalue weighted by Gasteiger charge is -2.22. The molecule has 1 aromatic rings. The number of hydrogen-bond acceptors (Lipinski definition) is 3. The number of nitrogens with zero attached hydrogens (tertiary/aromatic N) is 1. The molecule has 0 spiro atoms. The molecular formula is C11H15Cl2NO3S. The first-order chi connectivity index (χ1) is 8.21. The molecule has 0 heterocycles. The van der Waals surface area contributed by atoms with Crippen molar-refractivity contribution >= 4 is 33.2 Å². The third-order valence-electron chi connectivity index (χ3n) is 2.66. The molecule has 0 fully saturated rings. The number of rotatable bonds is 4. The number of hydrogen-bond donors (Lipinski definition) is 1. The van der Waals surface area contributed by atoms with Gasteiger partial charge in [0.25, 0.3) is 0 Å². The highest BCUT2D eigenvalue weighted by Gasteiger charge is 2.26. The SMILES string of the molecule is CC(C)N(C)S(=O)(=O)c1cc(CO)c(Cl)cc1Cl. The maximum absolute atomic E-state index is 12.3. The summed E-state index contributed by atoms with van der Waals surface area (Å²) in [4.78, 5) is -0.0474. The molecule has 0 radical (unpaired) electrons. The van der Waals surface area contributed by atoms with Crippen LogP contribution in [0.3, 0.4) is 0 Å². The van der Waals surface area contributed by atoms with Gasteiger partial charge in [-0.25, -0.2) is 8.42 Å². The van der Waals surface area contributed by atoms with Crippen LogP contribution in [0.25, 0.3) is 0 Å². The topological polar surface area (TPSA) is 57.6 Å². The summed E-state index contributed by atoms with van der Waals surface area (Å²) in [6.45, 7) is 3.17. The van der Waals surface area contributed by atoms with Crippen molar-refractivity contribution < 1.29 is 13.5 Å². The second-order valence-corrected chi connectivity index (χ2v) is 6.93. The summed E-state index contributed by atoms with van der Waals surface area (Å²) in [6.07, 6.45) is 0. The minimum atomic E-state index is -3.69. The molecule has 0 aliphatic carbocycles. The molecule has 0 amide bonds. The van der Waals surface area contributed by atoms with E-state index in [9.17, 15) is 8.42 Å². The van der Waals surface area contributed by atoms with Crippen LogP contribution in [-0.2, 0) is 16.6 Å². The van der Waals surface area contributed by atoms with Crippen molar-refractivity contribution in [2.24, 2.45) is 0 Å². The van der Waals surface area contributed by atoms with Crippen LogP contribution in [0.2, 0.25) is 10.0 Å². The van der Waals surface area contributed by atoms with Crippen molar-refractivity contribution in [1.29, 1.82) is 0 Å². The van der Waals surface area contributed by atoms with E-state index in [1.807, 2.05) is 0 Å². The van der Waals surface area contributed by atoms with E-state index in [-0.39, 0.29) is 27.6 Å². The Balaban J connectivity index is 3.42. The average Bonchev–Trinajstić information content (AvgIpc) is 2.27. The molecule has 0 aromatic heterocycles. The third-order valence-corrected chi connectivity index (χ3v) is 5.51. The predicted molar refractivity (Wildman–Crippen MR) is 72.5 cm³/mol. The summed E-state index contributed by atoms with van der Waals surface area (Å²) in [7, 11) is -2.21. The minimum Gasteiger partial charge on any atom is -0.392 e. The maximum Gasteiger partial charge on any atom is 0.244 e. The Morgan fingerprint density at radius 1 is 1.28 bits per heavy atom. The van der Waals surface area contributed by atoms with Crippen molar-refractivity contribution in [3.05, 3.63) is 27.7 Å². The van der Waals surface area contributed by atoms with Gasteiger partial charge in [0, 0.05) is 18.1 Å². The Bertz CT molecular complexity index is 543. The van der Waals surface area contributed by atoms with Crippen LogP contribution in [0.5, 0.6) is 0 Å². The second kappa shape index (κ2) is 5.75. The fraction of sp³-hybridized carbons (Fsp3) is 0.455. The maximum atomic E-state index is 12.3. The van der Waals surface area contributed by atoms with Crippen molar-refractivity contribution in [1.82, 2.24) is 4.31 Å². The first kappa shape index (κ1) is 15.7. The van der Waals surface area contributed by atoms with Gasteiger partial charge in [0.15, 0.2) is 0 Å². The van der Waals surface area contributed by atoms with Crippen molar-refractivity contribution in [2.45, 2.75) is 31.4 Å². The molecule has 1 aromatic carbocycles. The van der Waals surface area contributed by atoms with Gasteiger partial charge in [0.2, 0.25) is 10.0 Å². The molecule has 1 rings (SSSR count). The summed E-state index contributed by atoms with van der Waals surface area (Å²) in [5.74, 6) is 0. The highest BCUT2D eigenvalue weighted by molar-refractivity contribution is 7.89. The molecular weight excluding hydrogens is 297 g/mol. The van der Waals surface area contributed by atoms with E-state index < -0.39 is 10.0 Å². The third kappa shape index (κ3) is 2.97. The molecule has 0 saturated carbocycles. The van der Waals surface area contributed by atoms with E-state index in [2.05, 4.69) is 0 Å². The zero-order chi connectivity index (χ0) is 14.1. The monoisotopic (exact) mass is 311 g/mol. The quantitative estimate of drug-likeness (QED) is 0.929. The van der Waals surface area contributed by atoms with Gasteiger partial charge in [-0.3, -0.25) is 0 Å². The smallest absolute Gasteiger partial charge is 0.244 e. The van der Waals surface area contributed by atoms with Crippen LogP contribution >= 0.6 is 23.2 Å². The van der Waals surface area contributed by atoms with E-state index in [1.165, 1.54) is 23.5 Å². The van der Waals surface area contributed by atoms with Crippen LogP contribution in [0.15, 0.2) is 17.0 Å². The summed E-state index contributed by atoms with van der Waals surface area (Å²) < 4.78 is 25.8. The Morgan fingerprint density at radius 3 is 2.28 bits per heavy atom. The van der Waals surface area contributed by atoms with Gasteiger partial charge in [-0.05, 0) is 31.5 Å². The molecule has 0 aliphatic rings. The van der Waals surface area contributed by atoms with E-state index >= 15 is 0 Å². The van der Waals surface area contributed by atoms with Gasteiger partial charge in [-0.1, -0.05) is 23.2 Å². The highest BCUT2D eigenvalue weighted by atomic mass is 35.5. The first-order valence-electron chi connectivity index (χ1n) is 5.28. The molecule has 18 heavy (non-hydrogen) atoms. The number of aliphatic hydroxyl groups is 1. The van der Waals surface area contributed by atoms with E-state index in [0.29, 0.717) is 5.56 Å². The number of halogens is 2. The summed E-state index contributed by atoms with van der Waals surface area (Å²) in [5.41, 5.74) is 0.330. The molecule has 1 N–H and O–H groups in total. The number of aliphatic hydroxyl groups excluding tert-OH is 1. The number of benzene rings is 1. The van der Waals surface area contributed by atoms with Gasteiger partial charge < -0.3 is 5.11 Å². The van der Waals surface area contributed by atoms with Gasteiger partial charge >= 0.3 is 0 Å². The van der Waals surface area contributed by atoms with Crippen LogP contribution < -0.4 is 0 Å². The molecule has 0 saturated heterocycles. The fourth-order valence-corrected chi connectivity index (χ4v) is 3.52. The molecule has 0 atom stereocenters. The van der Waals surface area contributed by atoms with Crippen molar-refractivity contribution in [2.75, 3.05) is 7.05 Å². The van der Waals surface area contributed by atoms with Crippen LogP contribution in [0.4, 0.5) is 0 Å². The minimum absolute atomic E-state index is 0.0460. The second-order valence-electron chi connectivity index (χ2n) is 4.15. The Kier molecular flexibility index (Phi) is 5.03. The lowest BCUT2D eigenvalue weighted by molar-refractivity contribution is 0.281. The highest BCUT2D eigenvalue weighted by Crippen LogP contribution is 2.30. The predicted octanol–water partition coefficient (Wildman–Crippen LogP) is 2.51. The largest absolute Gasteiger partial charge is 0.392 e. The van der Waals surface area contributed by atoms with Gasteiger partial charge in [0.1, 0.15) is 4.90 Å². The van der Waals surface area contributed by atoms with Gasteiger partial charge in [-0.15, -0.1) is 0 Å². The molecule has 4 nitrogen and oxygen atoms in total. The van der Waals surface area contributed by atoms with Gasteiger partial charge in [-0.2, -0.15) is 4.31 Å². The fourth-order valence-electron chi connectivity index (χ4n) is 1.32. The van der Waals surface area contributed by atoms with Crippen LogP contribution in [-0.4, -0.2) is 30.9 Å². The average molecular weight is 312 g/mol. The first-order valence-corrected chi connectivity index (χ1v) is 7.48. The van der Waals surface area contributed by atoms with Crippen molar-refractivity contribution in [3.63, 3.8) is 0 Å². The van der Waals surface area contributed by atoms with E-state index in [0.717, 1.165) is 0 Å². The van der Waals surface area contributed by atoms with Crippen molar-refractivity contribution in [3.8, 4) is 0 Å². The molecule has 0 unspecified atom stereocenters. The summed E-state index contributed by atoms with van der Waals surface area (Å²) >= 11 is 11.8. The Labute approximate surface area is 117 Å². The molecule has 0 bridgehead atoms. The normalized spacial score (nSPS) is 12.4. The molecule has 0 aliphatic heterocycles. The summed E-state index contributed by atoms with van der Waals surface area (Å²) in [5, 5.41) is 9.40. The zero-order valence-corrected chi connectivity index (χ0v) is 12.6. The van der Waals surface area contributed by atoms with E-state index in [4.69, 9.17) is 28.3 Å². The molecule has 102 valence electrons. The van der Waals surface area contributed by atoms with Crippen LogP contribution in [0.1, 0.15) is 19.4 Å². The lowest BCUT2D eigenvalue weighted by atomic mass is 10.2. The lowest BCUT2D eigenvalue weighted by Crippen LogP contribution is -2.33. The Morgan fingerprint density at radius 2 is 1.83 bits per heavy atom. The van der Waals surface area contributed by atoms with Crippen LogP contribution in [0, 0.1) is 0 Å². The molecule has 7 heteroatoms. The van der Waals surface area contributed by atoms with Gasteiger partial charge in [0.05, 0.1) is 11.6 Å². The van der Waals surface area contributed by atoms with E-state index in [1.54, 1.807) is 13.8 Å². The zero-order valence-electron chi connectivity index (χ0n) is 10.3. The standard InChI is InChI=1S/C11H15Cl2NO3S/c1-7(2)14(3)18(16,17)11-4-8(6-15)9(12)5-10(11)13/h4-5,7,15H,6H2,1-3H3. The summed E-state index contributed by atoms with van der Waals surface area (Å²) in [6, 6.07) is 2.44. The number of sulfonamides is 1. The Hall–Kier alpha value is -0.330.